The van der Waals surface area contributed by atoms with Gasteiger partial charge in [-0.2, -0.15) is 12.6 Å². The average molecular weight is 174 g/mol. The predicted octanol–water partition coefficient (Wildman–Crippen LogP) is 2.65. The Balaban J connectivity index is 2.66. The van der Waals surface area contributed by atoms with E-state index in [9.17, 15) is 0 Å². The van der Waals surface area contributed by atoms with Crippen molar-refractivity contribution >= 4 is 12.6 Å². The van der Waals surface area contributed by atoms with Gasteiger partial charge >= 0.3 is 0 Å². The van der Waals surface area contributed by atoms with Crippen molar-refractivity contribution in [2.75, 3.05) is 0 Å². The van der Waals surface area contributed by atoms with Crippen molar-refractivity contribution in [3.63, 3.8) is 0 Å². The summed E-state index contributed by atoms with van der Waals surface area (Å²) >= 11 is 4.51. The van der Waals surface area contributed by atoms with Gasteiger partial charge in [0.05, 0.1) is 11.2 Å². The molecule has 1 saturated heterocycles. The van der Waals surface area contributed by atoms with Gasteiger partial charge in [-0.3, -0.25) is 0 Å². The second kappa shape index (κ2) is 2.67. The van der Waals surface area contributed by atoms with Gasteiger partial charge < -0.3 is 4.74 Å². The van der Waals surface area contributed by atoms with Crippen molar-refractivity contribution in [3.05, 3.63) is 0 Å². The van der Waals surface area contributed by atoms with E-state index in [0.29, 0.717) is 5.25 Å². The van der Waals surface area contributed by atoms with E-state index < -0.39 is 0 Å². The summed E-state index contributed by atoms with van der Waals surface area (Å²) in [6, 6.07) is 0. The molecular weight excluding hydrogens is 156 g/mol. The summed E-state index contributed by atoms with van der Waals surface area (Å²) < 4.78 is 5.88. The second-order valence-corrected chi connectivity index (χ2v) is 5.41. The van der Waals surface area contributed by atoms with Gasteiger partial charge in [-0.25, -0.2) is 0 Å². The fourth-order valence-electron chi connectivity index (χ4n) is 2.04. The summed E-state index contributed by atoms with van der Waals surface area (Å²) in [4.78, 5) is 0. The van der Waals surface area contributed by atoms with Crippen LogP contribution in [0.2, 0.25) is 0 Å². The molecule has 0 atom stereocenters. The smallest absolute Gasteiger partial charge is 0.0644 e. The van der Waals surface area contributed by atoms with Crippen LogP contribution in [0.1, 0.15) is 40.5 Å². The third-order valence-electron chi connectivity index (χ3n) is 2.01. The zero-order valence-corrected chi connectivity index (χ0v) is 8.74. The summed E-state index contributed by atoms with van der Waals surface area (Å²) in [7, 11) is 0. The van der Waals surface area contributed by atoms with E-state index in [-0.39, 0.29) is 11.2 Å². The zero-order valence-electron chi connectivity index (χ0n) is 7.85. The van der Waals surface area contributed by atoms with Crippen LogP contribution in [0.4, 0.5) is 0 Å². The Kier molecular flexibility index (Phi) is 2.28. The lowest BCUT2D eigenvalue weighted by molar-refractivity contribution is -0.152. The Labute approximate surface area is 74.9 Å². The standard InChI is InChI=1S/C9H18OS/c1-8(2)5-7(11)6-9(3,4)10-8/h7,11H,5-6H2,1-4H3. The lowest BCUT2D eigenvalue weighted by Crippen LogP contribution is -2.45. The number of hydrogen-bond acceptors (Lipinski definition) is 2. The van der Waals surface area contributed by atoms with E-state index in [4.69, 9.17) is 4.74 Å². The molecular formula is C9H18OS. The van der Waals surface area contributed by atoms with Gasteiger partial charge in [0, 0.05) is 5.25 Å². The quantitative estimate of drug-likeness (QED) is 0.555. The second-order valence-electron chi connectivity index (χ2n) is 4.68. The monoisotopic (exact) mass is 174 g/mol. The Hall–Kier alpha value is 0.310. The molecule has 1 heterocycles. The van der Waals surface area contributed by atoms with E-state index in [2.05, 4.69) is 40.3 Å². The largest absolute Gasteiger partial charge is 0.370 e. The highest BCUT2D eigenvalue weighted by molar-refractivity contribution is 7.80. The lowest BCUT2D eigenvalue weighted by atomic mass is 9.89. The Morgan fingerprint density at radius 3 is 1.73 bits per heavy atom. The van der Waals surface area contributed by atoms with E-state index in [1.807, 2.05) is 0 Å². The molecule has 0 aliphatic carbocycles. The van der Waals surface area contributed by atoms with Crippen LogP contribution < -0.4 is 0 Å². The summed E-state index contributed by atoms with van der Waals surface area (Å²) in [6.07, 6.45) is 2.11. The number of thiol groups is 1. The molecule has 1 aliphatic rings. The van der Waals surface area contributed by atoms with Gasteiger partial charge in [0.15, 0.2) is 0 Å². The average Bonchev–Trinajstić information content (AvgIpc) is 1.49. The number of hydrogen-bond donors (Lipinski definition) is 1. The first-order valence-electron chi connectivity index (χ1n) is 4.19. The maximum Gasteiger partial charge on any atom is 0.0644 e. The topological polar surface area (TPSA) is 9.23 Å². The molecule has 11 heavy (non-hydrogen) atoms. The molecule has 1 nitrogen and oxygen atoms in total. The SMILES string of the molecule is CC1(C)CC(S)CC(C)(C)O1. The van der Waals surface area contributed by atoms with Crippen LogP contribution in [0.15, 0.2) is 0 Å². The molecule has 0 unspecified atom stereocenters. The number of ether oxygens (including phenoxy) is 1. The lowest BCUT2D eigenvalue weighted by Gasteiger charge is -2.44. The fraction of sp³-hybridized carbons (Fsp3) is 1.00. The first-order valence-corrected chi connectivity index (χ1v) is 4.71. The molecule has 0 aromatic heterocycles. The molecule has 0 N–H and O–H groups in total. The van der Waals surface area contributed by atoms with Crippen molar-refractivity contribution in [2.45, 2.75) is 57.0 Å². The molecule has 0 bridgehead atoms. The molecule has 66 valence electrons. The van der Waals surface area contributed by atoms with Crippen molar-refractivity contribution < 1.29 is 4.74 Å². The minimum Gasteiger partial charge on any atom is -0.370 e. The zero-order chi connectivity index (χ0) is 8.70. The fourth-order valence-corrected chi connectivity index (χ4v) is 2.92. The van der Waals surface area contributed by atoms with Gasteiger partial charge in [-0.15, -0.1) is 0 Å². The summed E-state index contributed by atoms with van der Waals surface area (Å²) in [5.41, 5.74) is 0.0162. The van der Waals surface area contributed by atoms with Crippen LogP contribution in [-0.2, 0) is 4.74 Å². The van der Waals surface area contributed by atoms with Gasteiger partial charge in [-0.05, 0) is 40.5 Å². The molecule has 0 spiro atoms. The molecule has 1 fully saturated rings. The van der Waals surface area contributed by atoms with E-state index in [1.165, 1.54) is 0 Å². The van der Waals surface area contributed by atoms with E-state index in [1.54, 1.807) is 0 Å². The van der Waals surface area contributed by atoms with Crippen LogP contribution in [0.5, 0.6) is 0 Å². The molecule has 2 heteroatoms. The minimum absolute atomic E-state index is 0.00810. The molecule has 0 radical (unpaired) electrons. The predicted molar refractivity (Wildman–Crippen MR) is 51.3 cm³/mol. The van der Waals surface area contributed by atoms with Crippen molar-refractivity contribution in [1.29, 1.82) is 0 Å². The van der Waals surface area contributed by atoms with Crippen LogP contribution in [-0.4, -0.2) is 16.5 Å². The number of rotatable bonds is 0. The maximum absolute atomic E-state index is 5.88. The van der Waals surface area contributed by atoms with Gasteiger partial charge in [0.1, 0.15) is 0 Å². The first kappa shape index (κ1) is 9.40. The Morgan fingerprint density at radius 1 is 1.09 bits per heavy atom. The summed E-state index contributed by atoms with van der Waals surface area (Å²) in [5, 5.41) is 0.494. The van der Waals surface area contributed by atoms with E-state index >= 15 is 0 Å². The maximum atomic E-state index is 5.88. The van der Waals surface area contributed by atoms with Crippen LogP contribution in [0, 0.1) is 0 Å². The third kappa shape index (κ3) is 2.68. The highest BCUT2D eigenvalue weighted by atomic mass is 32.1. The first-order chi connectivity index (χ1) is 4.81. The van der Waals surface area contributed by atoms with Crippen LogP contribution in [0.25, 0.3) is 0 Å². The van der Waals surface area contributed by atoms with Gasteiger partial charge in [0.25, 0.3) is 0 Å². The normalized spacial score (nSPS) is 30.3. The van der Waals surface area contributed by atoms with Crippen LogP contribution in [0.3, 0.4) is 0 Å². The van der Waals surface area contributed by atoms with Gasteiger partial charge in [-0.1, -0.05) is 0 Å². The molecule has 0 aromatic rings. The molecule has 1 rings (SSSR count). The molecule has 0 amide bonds. The van der Waals surface area contributed by atoms with Crippen molar-refractivity contribution in [2.24, 2.45) is 0 Å². The minimum atomic E-state index is 0.00810. The molecule has 1 aliphatic heterocycles. The Morgan fingerprint density at radius 2 is 1.45 bits per heavy atom. The molecule has 0 aromatic carbocycles. The highest BCUT2D eigenvalue weighted by Gasteiger charge is 2.37. The summed E-state index contributed by atoms with van der Waals surface area (Å²) in [6.45, 7) is 8.54. The Bertz CT molecular complexity index is 136. The van der Waals surface area contributed by atoms with Crippen molar-refractivity contribution in [3.8, 4) is 0 Å². The van der Waals surface area contributed by atoms with Crippen molar-refractivity contribution in [1.82, 2.24) is 0 Å². The van der Waals surface area contributed by atoms with E-state index in [0.717, 1.165) is 12.8 Å². The molecule has 0 saturated carbocycles. The summed E-state index contributed by atoms with van der Waals surface area (Å²) in [5.74, 6) is 0. The highest BCUT2D eigenvalue weighted by Crippen LogP contribution is 2.36. The van der Waals surface area contributed by atoms with Gasteiger partial charge in [0.2, 0.25) is 0 Å². The third-order valence-corrected chi connectivity index (χ3v) is 2.37. The van der Waals surface area contributed by atoms with Crippen LogP contribution >= 0.6 is 12.6 Å².